The maximum atomic E-state index is 6.20. The number of fused-ring (bicyclic) bond motifs is 1. The normalized spacial score (nSPS) is 10.9. The maximum Gasteiger partial charge on any atom is 0.224 e. The van der Waals surface area contributed by atoms with E-state index in [-0.39, 0.29) is 5.28 Å². The minimum absolute atomic E-state index is 0.169. The van der Waals surface area contributed by atoms with Crippen molar-refractivity contribution in [3.8, 4) is 0 Å². The van der Waals surface area contributed by atoms with E-state index in [2.05, 4.69) is 20.2 Å². The quantitative estimate of drug-likeness (QED) is 0.747. The highest BCUT2D eigenvalue weighted by atomic mass is 35.5. The Kier molecular flexibility index (Phi) is 3.46. The minimum atomic E-state index is 0.169. The van der Waals surface area contributed by atoms with Gasteiger partial charge in [-0.05, 0) is 30.7 Å². The van der Waals surface area contributed by atoms with Gasteiger partial charge in [0.15, 0.2) is 5.82 Å². The number of benzene rings is 1. The summed E-state index contributed by atoms with van der Waals surface area (Å²) < 4.78 is 0. The molecule has 0 radical (unpaired) electrons. The fourth-order valence-electron chi connectivity index (χ4n) is 2.15. The van der Waals surface area contributed by atoms with Crippen LogP contribution in [-0.4, -0.2) is 26.7 Å². The molecule has 0 bridgehead atoms. The van der Waals surface area contributed by atoms with Gasteiger partial charge in [-0.15, -0.1) is 0 Å². The molecule has 0 amide bonds. The molecule has 3 aromatic rings. The molecule has 0 saturated heterocycles. The molecule has 1 aromatic carbocycles. The second kappa shape index (κ2) is 5.26. The smallest absolute Gasteiger partial charge is 0.224 e. The Morgan fingerprint density at radius 1 is 1.25 bits per heavy atom. The number of hydrogen-bond donors (Lipinski definition) is 1. The number of halogens is 2. The molecule has 7 heteroatoms. The Bertz CT molecular complexity index is 755. The van der Waals surface area contributed by atoms with Crippen LogP contribution in [-0.2, 0) is 0 Å². The van der Waals surface area contributed by atoms with E-state index >= 15 is 0 Å². The molecule has 102 valence electrons. The largest absolute Gasteiger partial charge is 0.325 e. The highest BCUT2D eigenvalue weighted by Crippen LogP contribution is 2.34. The summed E-state index contributed by atoms with van der Waals surface area (Å²) in [6, 6.07) is 5.91. The number of H-pyrrole nitrogens is 1. The molecule has 0 unspecified atom stereocenters. The van der Waals surface area contributed by atoms with Crippen molar-refractivity contribution in [2.45, 2.75) is 6.92 Å². The molecule has 0 aliphatic carbocycles. The van der Waals surface area contributed by atoms with Gasteiger partial charge in [-0.3, -0.25) is 5.10 Å². The zero-order valence-corrected chi connectivity index (χ0v) is 12.2. The van der Waals surface area contributed by atoms with Gasteiger partial charge in [-0.2, -0.15) is 10.1 Å². The van der Waals surface area contributed by atoms with Crippen LogP contribution in [0.15, 0.2) is 30.6 Å². The van der Waals surface area contributed by atoms with Crippen molar-refractivity contribution < 1.29 is 0 Å². The summed E-state index contributed by atoms with van der Waals surface area (Å²) in [5, 5.41) is 8.64. The van der Waals surface area contributed by atoms with Gasteiger partial charge in [0, 0.05) is 11.9 Å². The number of rotatable bonds is 3. The summed E-state index contributed by atoms with van der Waals surface area (Å²) in [5.41, 5.74) is 1.92. The monoisotopic (exact) mass is 307 g/mol. The molecule has 0 spiro atoms. The fourth-order valence-corrected chi connectivity index (χ4v) is 2.47. The molecule has 5 nitrogen and oxygen atoms in total. The van der Waals surface area contributed by atoms with E-state index in [1.54, 1.807) is 6.20 Å². The lowest BCUT2D eigenvalue weighted by Crippen LogP contribution is -2.18. The predicted octanol–water partition coefficient (Wildman–Crippen LogP) is 3.82. The lowest BCUT2D eigenvalue weighted by atomic mass is 10.2. The van der Waals surface area contributed by atoms with Gasteiger partial charge in [0.2, 0.25) is 5.28 Å². The van der Waals surface area contributed by atoms with Crippen molar-refractivity contribution in [1.29, 1.82) is 0 Å². The summed E-state index contributed by atoms with van der Waals surface area (Å²) in [6.07, 6.45) is 3.29. The zero-order valence-electron chi connectivity index (χ0n) is 10.6. The van der Waals surface area contributed by atoms with Crippen LogP contribution in [0.25, 0.3) is 10.9 Å². The summed E-state index contributed by atoms with van der Waals surface area (Å²) in [7, 11) is 0. The first-order valence-electron chi connectivity index (χ1n) is 6.08. The van der Waals surface area contributed by atoms with Gasteiger partial charge >= 0.3 is 0 Å². The third kappa shape index (κ3) is 2.19. The van der Waals surface area contributed by atoms with Crippen molar-refractivity contribution >= 4 is 45.6 Å². The number of anilines is 2. The van der Waals surface area contributed by atoms with E-state index in [4.69, 9.17) is 23.2 Å². The molecule has 2 aromatic heterocycles. The molecular formula is C13H11Cl2N5. The van der Waals surface area contributed by atoms with E-state index in [0.29, 0.717) is 17.4 Å². The summed E-state index contributed by atoms with van der Waals surface area (Å²) in [4.78, 5) is 10.1. The maximum absolute atomic E-state index is 6.20. The minimum Gasteiger partial charge on any atom is -0.325 e. The van der Waals surface area contributed by atoms with Gasteiger partial charge in [0.1, 0.15) is 5.02 Å². The molecule has 0 atom stereocenters. The van der Waals surface area contributed by atoms with Crippen LogP contribution < -0.4 is 4.90 Å². The van der Waals surface area contributed by atoms with Crippen LogP contribution in [0.3, 0.4) is 0 Å². The van der Waals surface area contributed by atoms with Gasteiger partial charge in [-0.25, -0.2) is 4.98 Å². The Morgan fingerprint density at radius 2 is 2.10 bits per heavy atom. The average Bonchev–Trinajstić information content (AvgIpc) is 2.92. The third-order valence-electron chi connectivity index (χ3n) is 3.02. The van der Waals surface area contributed by atoms with Crippen molar-refractivity contribution in [3.63, 3.8) is 0 Å². The summed E-state index contributed by atoms with van der Waals surface area (Å²) in [5.74, 6) is 0.586. The second-order valence-electron chi connectivity index (χ2n) is 4.16. The second-order valence-corrected chi connectivity index (χ2v) is 4.91. The SMILES string of the molecule is CCN(c1nc(Cl)ncc1Cl)c1cccc2[nH]ncc12. The zero-order chi connectivity index (χ0) is 14.1. The van der Waals surface area contributed by atoms with Crippen LogP contribution >= 0.6 is 23.2 Å². The number of aromatic nitrogens is 4. The Balaban J connectivity index is 2.19. The molecule has 0 aliphatic heterocycles. The van der Waals surface area contributed by atoms with Crippen LogP contribution in [0.1, 0.15) is 6.92 Å². The van der Waals surface area contributed by atoms with Crippen molar-refractivity contribution in [3.05, 3.63) is 40.9 Å². The van der Waals surface area contributed by atoms with Crippen molar-refractivity contribution in [2.75, 3.05) is 11.4 Å². The Labute approximate surface area is 125 Å². The van der Waals surface area contributed by atoms with Crippen molar-refractivity contribution in [1.82, 2.24) is 20.2 Å². The highest BCUT2D eigenvalue weighted by molar-refractivity contribution is 6.33. The summed E-state index contributed by atoms with van der Waals surface area (Å²) >= 11 is 12.1. The molecule has 20 heavy (non-hydrogen) atoms. The highest BCUT2D eigenvalue weighted by Gasteiger charge is 2.16. The van der Waals surface area contributed by atoms with Gasteiger partial charge in [-0.1, -0.05) is 17.7 Å². The standard InChI is InChI=1S/C13H11Cl2N5/c1-2-20(12-9(14)7-16-13(15)18-12)11-5-3-4-10-8(11)6-17-19-10/h3-7H,2H2,1H3,(H,17,19). The average molecular weight is 308 g/mol. The first-order chi connectivity index (χ1) is 9.70. The summed E-state index contributed by atoms with van der Waals surface area (Å²) in [6.45, 7) is 2.71. The molecular weight excluding hydrogens is 297 g/mol. The molecule has 0 aliphatic rings. The van der Waals surface area contributed by atoms with Crippen LogP contribution in [0.5, 0.6) is 0 Å². The predicted molar refractivity (Wildman–Crippen MR) is 80.8 cm³/mol. The number of aromatic amines is 1. The van der Waals surface area contributed by atoms with E-state index < -0.39 is 0 Å². The van der Waals surface area contributed by atoms with E-state index in [1.165, 1.54) is 6.20 Å². The van der Waals surface area contributed by atoms with E-state index in [0.717, 1.165) is 16.6 Å². The topological polar surface area (TPSA) is 57.7 Å². The first kappa shape index (κ1) is 13.1. The molecule has 2 heterocycles. The Hall–Kier alpha value is -1.85. The molecule has 1 N–H and O–H groups in total. The lowest BCUT2D eigenvalue weighted by molar-refractivity contribution is 0.981. The third-order valence-corrected chi connectivity index (χ3v) is 3.47. The first-order valence-corrected chi connectivity index (χ1v) is 6.84. The molecule has 0 saturated carbocycles. The van der Waals surface area contributed by atoms with Gasteiger partial charge in [0.25, 0.3) is 0 Å². The lowest BCUT2D eigenvalue weighted by Gasteiger charge is -2.23. The number of nitrogens with zero attached hydrogens (tertiary/aromatic N) is 4. The van der Waals surface area contributed by atoms with Gasteiger partial charge in [0.05, 0.1) is 23.6 Å². The molecule has 3 rings (SSSR count). The number of nitrogens with one attached hydrogen (secondary N) is 1. The number of hydrogen-bond acceptors (Lipinski definition) is 4. The Morgan fingerprint density at radius 3 is 2.90 bits per heavy atom. The van der Waals surface area contributed by atoms with E-state index in [9.17, 15) is 0 Å². The van der Waals surface area contributed by atoms with Crippen LogP contribution in [0.4, 0.5) is 11.5 Å². The van der Waals surface area contributed by atoms with Crippen LogP contribution in [0.2, 0.25) is 10.3 Å². The van der Waals surface area contributed by atoms with E-state index in [1.807, 2.05) is 30.0 Å². The van der Waals surface area contributed by atoms with Crippen LogP contribution in [0, 0.1) is 0 Å². The van der Waals surface area contributed by atoms with Crippen molar-refractivity contribution in [2.24, 2.45) is 0 Å². The van der Waals surface area contributed by atoms with Gasteiger partial charge < -0.3 is 4.90 Å². The fraction of sp³-hybridized carbons (Fsp3) is 0.154. The molecule has 0 fully saturated rings.